The minimum atomic E-state index is -4.47. The average molecular weight is 422 g/mol. The van der Waals surface area contributed by atoms with Crippen molar-refractivity contribution in [2.24, 2.45) is 11.7 Å². The predicted octanol–water partition coefficient (Wildman–Crippen LogP) is 5.00. The smallest absolute Gasteiger partial charge is 0.323 e. The van der Waals surface area contributed by atoms with Crippen LogP contribution in [0.15, 0.2) is 30.4 Å². The lowest BCUT2D eigenvalue weighted by atomic mass is 9.79. The summed E-state index contributed by atoms with van der Waals surface area (Å²) >= 11 is 0. The number of hydrogen-bond donors (Lipinski definition) is 3. The highest BCUT2D eigenvalue weighted by atomic mass is 31.2. The van der Waals surface area contributed by atoms with E-state index in [2.05, 4.69) is 37.3 Å². The number of rotatable bonds is 9. The van der Waals surface area contributed by atoms with Crippen molar-refractivity contribution in [3.8, 4) is 0 Å². The normalized spacial score (nSPS) is 27.4. The van der Waals surface area contributed by atoms with Crippen molar-refractivity contribution in [2.75, 3.05) is 6.61 Å². The molecule has 0 unspecified atom stereocenters. The van der Waals surface area contributed by atoms with E-state index in [4.69, 9.17) is 20.0 Å². The molecule has 0 heterocycles. The monoisotopic (exact) mass is 421 g/mol. The molecule has 1 saturated carbocycles. The number of unbranched alkanes of at least 4 members (excludes halogenated alkanes) is 2. The molecular weight excluding hydrogens is 385 g/mol. The lowest BCUT2D eigenvalue weighted by Gasteiger charge is -2.27. The Kier molecular flexibility index (Phi) is 7.75. The molecule has 5 nitrogen and oxygen atoms in total. The van der Waals surface area contributed by atoms with Crippen molar-refractivity contribution in [1.82, 2.24) is 0 Å². The fourth-order valence-corrected chi connectivity index (χ4v) is 5.42. The lowest BCUT2D eigenvalue weighted by Crippen LogP contribution is -2.41. The van der Waals surface area contributed by atoms with Crippen LogP contribution in [-0.4, -0.2) is 21.9 Å². The van der Waals surface area contributed by atoms with Gasteiger partial charge in [0.05, 0.1) is 6.61 Å². The summed E-state index contributed by atoms with van der Waals surface area (Å²) in [6, 6.07) is 6.91. The lowest BCUT2D eigenvalue weighted by molar-refractivity contribution is 0.153. The Morgan fingerprint density at radius 3 is 2.86 bits per heavy atom. The maximum Gasteiger partial charge on any atom is 0.469 e. The van der Waals surface area contributed by atoms with E-state index >= 15 is 0 Å². The van der Waals surface area contributed by atoms with Gasteiger partial charge in [-0.25, -0.2) is 4.57 Å². The number of aryl methyl sites for hydroxylation is 1. The SMILES string of the molecule is C/C=C/CCCC[C@H]1CCc2cc([C@H]3CC[C@](N)(COP(=O)(O)O)C3)ccc2C1. The van der Waals surface area contributed by atoms with Gasteiger partial charge in [0.25, 0.3) is 0 Å². The Morgan fingerprint density at radius 2 is 2.10 bits per heavy atom. The van der Waals surface area contributed by atoms with Crippen molar-refractivity contribution in [2.45, 2.75) is 82.6 Å². The summed E-state index contributed by atoms with van der Waals surface area (Å²) in [5.74, 6) is 1.15. The van der Waals surface area contributed by atoms with Gasteiger partial charge in [0.15, 0.2) is 0 Å². The molecule has 4 N–H and O–H groups in total. The zero-order valence-electron chi connectivity index (χ0n) is 17.6. The van der Waals surface area contributed by atoms with Gasteiger partial charge in [0.1, 0.15) is 0 Å². The zero-order valence-corrected chi connectivity index (χ0v) is 18.4. The summed E-state index contributed by atoms with van der Waals surface area (Å²) in [4.78, 5) is 17.9. The molecule has 0 radical (unpaired) electrons. The Hall–Kier alpha value is -0.970. The van der Waals surface area contributed by atoms with Crippen LogP contribution in [0, 0.1) is 5.92 Å². The van der Waals surface area contributed by atoms with E-state index in [9.17, 15) is 4.57 Å². The summed E-state index contributed by atoms with van der Waals surface area (Å²) in [5, 5.41) is 0. The van der Waals surface area contributed by atoms with Gasteiger partial charge in [-0.1, -0.05) is 43.2 Å². The highest BCUT2D eigenvalue weighted by Crippen LogP contribution is 2.44. The molecule has 1 aromatic carbocycles. The van der Waals surface area contributed by atoms with Gasteiger partial charge >= 0.3 is 7.82 Å². The molecule has 2 aliphatic carbocycles. The molecule has 1 fully saturated rings. The van der Waals surface area contributed by atoms with Crippen LogP contribution in [-0.2, 0) is 21.9 Å². The molecule has 0 aromatic heterocycles. The summed E-state index contributed by atoms with van der Waals surface area (Å²) in [6.07, 6.45) is 15.5. The first-order valence-electron chi connectivity index (χ1n) is 11.0. The van der Waals surface area contributed by atoms with E-state index in [1.54, 1.807) is 0 Å². The first kappa shape index (κ1) is 22.7. The number of allylic oxidation sites excluding steroid dienone is 2. The topological polar surface area (TPSA) is 92.8 Å². The Balaban J connectivity index is 1.53. The molecule has 3 rings (SSSR count). The number of phosphoric ester groups is 1. The summed E-state index contributed by atoms with van der Waals surface area (Å²) in [5.41, 5.74) is 10.00. The van der Waals surface area contributed by atoms with E-state index in [1.165, 1.54) is 55.2 Å². The second-order valence-corrected chi connectivity index (χ2v) is 10.3. The van der Waals surface area contributed by atoms with Crippen LogP contribution in [0.3, 0.4) is 0 Å². The van der Waals surface area contributed by atoms with Gasteiger partial charge in [0.2, 0.25) is 0 Å². The van der Waals surface area contributed by atoms with Crippen molar-refractivity contribution in [3.05, 3.63) is 47.0 Å². The standard InChI is InChI=1S/C23H36NO4P/c1-2-3-4-5-6-7-18-8-9-20-15-21(11-10-19(20)14-18)22-12-13-23(24,16-22)17-28-29(25,26)27/h2-3,10-11,15,18,22H,4-9,12-14,16-17,24H2,1H3,(H2,25,26,27)/b3-2+/t18-,22-,23+/m0/s1. The summed E-state index contributed by atoms with van der Waals surface area (Å²) in [6.45, 7) is 2.00. The van der Waals surface area contributed by atoms with Crippen LogP contribution in [0.2, 0.25) is 0 Å². The third kappa shape index (κ3) is 6.77. The van der Waals surface area contributed by atoms with Gasteiger partial charge in [-0.05, 0) is 86.8 Å². The van der Waals surface area contributed by atoms with Gasteiger partial charge < -0.3 is 15.5 Å². The maximum absolute atomic E-state index is 11.0. The van der Waals surface area contributed by atoms with E-state index in [0.29, 0.717) is 12.3 Å². The second-order valence-electron chi connectivity index (χ2n) is 9.06. The number of nitrogens with two attached hydrogens (primary N) is 1. The van der Waals surface area contributed by atoms with Crippen LogP contribution in [0.25, 0.3) is 0 Å². The minimum Gasteiger partial charge on any atom is -0.323 e. The van der Waals surface area contributed by atoms with Crippen molar-refractivity contribution < 1.29 is 18.9 Å². The highest BCUT2D eigenvalue weighted by Gasteiger charge is 2.38. The predicted molar refractivity (Wildman–Crippen MR) is 117 cm³/mol. The third-order valence-corrected chi connectivity index (χ3v) is 7.13. The third-order valence-electron chi connectivity index (χ3n) is 6.66. The first-order chi connectivity index (χ1) is 13.8. The van der Waals surface area contributed by atoms with Crippen LogP contribution >= 0.6 is 7.82 Å². The summed E-state index contributed by atoms with van der Waals surface area (Å²) < 4.78 is 15.7. The van der Waals surface area contributed by atoms with Crippen molar-refractivity contribution in [1.29, 1.82) is 0 Å². The number of benzene rings is 1. The van der Waals surface area contributed by atoms with Crippen LogP contribution in [0.1, 0.15) is 80.9 Å². The van der Waals surface area contributed by atoms with Crippen LogP contribution in [0.5, 0.6) is 0 Å². The van der Waals surface area contributed by atoms with Crippen molar-refractivity contribution in [3.63, 3.8) is 0 Å². The van der Waals surface area contributed by atoms with Gasteiger partial charge in [0, 0.05) is 5.54 Å². The Bertz CT molecular complexity index is 759. The van der Waals surface area contributed by atoms with E-state index < -0.39 is 13.4 Å². The van der Waals surface area contributed by atoms with Gasteiger partial charge in [-0.15, -0.1) is 0 Å². The maximum atomic E-state index is 11.0. The molecule has 0 amide bonds. The summed E-state index contributed by atoms with van der Waals surface area (Å²) in [7, 11) is -4.47. The molecule has 29 heavy (non-hydrogen) atoms. The molecule has 162 valence electrons. The molecule has 2 aliphatic rings. The number of hydrogen-bond acceptors (Lipinski definition) is 3. The molecular formula is C23H36NO4P. The fourth-order valence-electron chi connectivity index (χ4n) is 5.00. The van der Waals surface area contributed by atoms with Crippen molar-refractivity contribution >= 4 is 7.82 Å². The van der Waals surface area contributed by atoms with E-state index in [-0.39, 0.29) is 6.61 Å². The number of phosphoric acid groups is 1. The van der Waals surface area contributed by atoms with E-state index in [0.717, 1.165) is 25.2 Å². The van der Waals surface area contributed by atoms with Gasteiger partial charge in [-0.2, -0.15) is 0 Å². The quantitative estimate of drug-likeness (QED) is 0.296. The van der Waals surface area contributed by atoms with Gasteiger partial charge in [-0.3, -0.25) is 4.52 Å². The largest absolute Gasteiger partial charge is 0.469 e. The fraction of sp³-hybridized carbons (Fsp3) is 0.652. The molecule has 0 saturated heterocycles. The van der Waals surface area contributed by atoms with E-state index in [1.807, 2.05) is 0 Å². The number of fused-ring (bicyclic) bond motifs is 1. The molecule has 0 spiro atoms. The minimum absolute atomic E-state index is 0.0888. The first-order valence-corrected chi connectivity index (χ1v) is 12.5. The molecule has 6 heteroatoms. The molecule has 0 aliphatic heterocycles. The van der Waals surface area contributed by atoms with Crippen LogP contribution < -0.4 is 5.73 Å². The zero-order chi connectivity index (χ0) is 20.9. The molecule has 3 atom stereocenters. The highest BCUT2D eigenvalue weighted by molar-refractivity contribution is 7.46. The Labute approximate surface area is 175 Å². The Morgan fingerprint density at radius 1 is 1.28 bits per heavy atom. The molecule has 1 aromatic rings. The second kappa shape index (κ2) is 9.89. The van der Waals surface area contributed by atoms with Crippen LogP contribution in [0.4, 0.5) is 0 Å². The molecule has 0 bridgehead atoms. The average Bonchev–Trinajstić information content (AvgIpc) is 3.08.